The Balaban J connectivity index is 3.05. The van der Waals surface area contributed by atoms with Crippen molar-refractivity contribution in [2.45, 2.75) is 0 Å². The summed E-state index contributed by atoms with van der Waals surface area (Å²) in [6.07, 6.45) is 1.19. The van der Waals surface area contributed by atoms with E-state index in [1.807, 2.05) is 0 Å². The van der Waals surface area contributed by atoms with E-state index in [2.05, 4.69) is 22.5 Å². The summed E-state index contributed by atoms with van der Waals surface area (Å²) in [5, 5.41) is 0. The maximum atomic E-state index is 13.0. The Labute approximate surface area is 72.6 Å². The van der Waals surface area contributed by atoms with E-state index in [0.29, 0.717) is 4.47 Å². The van der Waals surface area contributed by atoms with Crippen LogP contribution in [0.1, 0.15) is 0 Å². The second kappa shape index (κ2) is 3.53. The molecule has 0 heterocycles. The average Bonchev–Trinajstić information content (AvgIpc) is 1.99. The molecule has 0 saturated heterocycles. The highest BCUT2D eigenvalue weighted by atomic mass is 79.9. The van der Waals surface area contributed by atoms with Crippen LogP contribution in [0.25, 0.3) is 0 Å². The van der Waals surface area contributed by atoms with Crippen LogP contribution in [-0.2, 0) is 0 Å². The third-order valence-electron chi connectivity index (χ3n) is 1.13. The number of benzene rings is 1. The van der Waals surface area contributed by atoms with Crippen LogP contribution in [0.3, 0.4) is 0 Å². The molecule has 3 heteroatoms. The van der Waals surface area contributed by atoms with E-state index in [4.69, 9.17) is 4.74 Å². The van der Waals surface area contributed by atoms with Crippen molar-refractivity contribution in [3.8, 4) is 5.75 Å². The Morgan fingerprint density at radius 1 is 1.55 bits per heavy atom. The molecular weight excluding hydrogens is 211 g/mol. The van der Waals surface area contributed by atoms with Gasteiger partial charge in [-0.3, -0.25) is 0 Å². The fourth-order valence-electron chi connectivity index (χ4n) is 0.665. The molecule has 0 fully saturated rings. The smallest absolute Gasteiger partial charge is 0.179 e. The second-order valence-electron chi connectivity index (χ2n) is 1.84. The van der Waals surface area contributed by atoms with Gasteiger partial charge in [-0.25, -0.2) is 4.39 Å². The molecule has 1 aromatic rings. The lowest BCUT2D eigenvalue weighted by atomic mass is 10.3. The summed E-state index contributed by atoms with van der Waals surface area (Å²) < 4.78 is 18.1. The predicted molar refractivity (Wildman–Crippen MR) is 44.9 cm³/mol. The Kier molecular flexibility index (Phi) is 2.65. The first-order valence-electron chi connectivity index (χ1n) is 2.97. The van der Waals surface area contributed by atoms with Crippen molar-refractivity contribution in [1.82, 2.24) is 0 Å². The van der Waals surface area contributed by atoms with Crippen LogP contribution < -0.4 is 4.74 Å². The molecule has 0 spiro atoms. The van der Waals surface area contributed by atoms with Gasteiger partial charge in [0.1, 0.15) is 0 Å². The minimum atomic E-state index is -0.410. The quantitative estimate of drug-likeness (QED) is 0.691. The van der Waals surface area contributed by atoms with Gasteiger partial charge in [0.15, 0.2) is 11.6 Å². The first-order valence-corrected chi connectivity index (χ1v) is 3.76. The van der Waals surface area contributed by atoms with Gasteiger partial charge in [0.25, 0.3) is 0 Å². The predicted octanol–water partition coefficient (Wildman–Crippen LogP) is 3.11. The lowest BCUT2D eigenvalue weighted by Gasteiger charge is -2.01. The molecule has 0 unspecified atom stereocenters. The zero-order chi connectivity index (χ0) is 8.27. The first kappa shape index (κ1) is 8.27. The molecule has 1 aromatic carbocycles. The number of halogens is 2. The maximum absolute atomic E-state index is 13.0. The molecule has 58 valence electrons. The van der Waals surface area contributed by atoms with Gasteiger partial charge in [-0.05, 0) is 28.1 Å². The molecule has 0 N–H and O–H groups in total. The van der Waals surface area contributed by atoms with E-state index in [0.717, 1.165) is 0 Å². The normalized spacial score (nSPS) is 9.27. The fraction of sp³-hybridized carbons (Fsp3) is 0. The minimum Gasteiger partial charge on any atom is -0.462 e. The lowest BCUT2D eigenvalue weighted by molar-refractivity contribution is 0.440. The van der Waals surface area contributed by atoms with Crippen molar-refractivity contribution in [1.29, 1.82) is 0 Å². The topological polar surface area (TPSA) is 9.23 Å². The lowest BCUT2D eigenvalue weighted by Crippen LogP contribution is -1.86. The highest BCUT2D eigenvalue weighted by Crippen LogP contribution is 2.24. The van der Waals surface area contributed by atoms with Crippen LogP contribution in [0.15, 0.2) is 35.5 Å². The molecule has 1 rings (SSSR count). The number of ether oxygens (including phenoxy) is 1. The average molecular weight is 217 g/mol. The van der Waals surface area contributed by atoms with Crippen molar-refractivity contribution in [2.75, 3.05) is 0 Å². The molecule has 0 aromatic heterocycles. The second-order valence-corrected chi connectivity index (χ2v) is 2.69. The first-order chi connectivity index (χ1) is 5.25. The summed E-state index contributed by atoms with van der Waals surface area (Å²) >= 11 is 3.03. The summed E-state index contributed by atoms with van der Waals surface area (Å²) in [6.45, 7) is 3.32. The largest absolute Gasteiger partial charge is 0.462 e. The molecule has 0 amide bonds. The SMILES string of the molecule is C=COc1cccc(Br)c1F. The third-order valence-corrected chi connectivity index (χ3v) is 1.74. The molecule has 0 aliphatic rings. The van der Waals surface area contributed by atoms with Crippen LogP contribution in [0, 0.1) is 5.82 Å². The van der Waals surface area contributed by atoms with Gasteiger partial charge in [-0.1, -0.05) is 12.6 Å². The molecular formula is C8H6BrFO. The summed E-state index contributed by atoms with van der Waals surface area (Å²) in [7, 11) is 0. The molecule has 1 nitrogen and oxygen atoms in total. The molecule has 0 saturated carbocycles. The maximum Gasteiger partial charge on any atom is 0.179 e. The van der Waals surface area contributed by atoms with E-state index >= 15 is 0 Å². The van der Waals surface area contributed by atoms with Gasteiger partial charge < -0.3 is 4.74 Å². The Bertz CT molecular complexity index is 273. The van der Waals surface area contributed by atoms with E-state index in [-0.39, 0.29) is 5.75 Å². The Hall–Kier alpha value is -0.830. The number of hydrogen-bond acceptors (Lipinski definition) is 1. The monoisotopic (exact) mass is 216 g/mol. The zero-order valence-corrected chi connectivity index (χ0v) is 7.27. The van der Waals surface area contributed by atoms with E-state index in [1.54, 1.807) is 12.1 Å². The molecule has 0 atom stereocenters. The van der Waals surface area contributed by atoms with Crippen molar-refractivity contribution >= 4 is 15.9 Å². The van der Waals surface area contributed by atoms with Crippen molar-refractivity contribution in [3.05, 3.63) is 41.3 Å². The van der Waals surface area contributed by atoms with Gasteiger partial charge in [-0.15, -0.1) is 0 Å². The van der Waals surface area contributed by atoms with E-state index < -0.39 is 5.82 Å². The van der Waals surface area contributed by atoms with Crippen molar-refractivity contribution < 1.29 is 9.13 Å². The van der Waals surface area contributed by atoms with Gasteiger partial charge in [0, 0.05) is 0 Å². The summed E-state index contributed by atoms with van der Waals surface area (Å²) in [5.41, 5.74) is 0. The molecule has 0 aliphatic carbocycles. The van der Waals surface area contributed by atoms with Crippen LogP contribution in [-0.4, -0.2) is 0 Å². The molecule has 11 heavy (non-hydrogen) atoms. The van der Waals surface area contributed by atoms with Crippen LogP contribution in [0.2, 0.25) is 0 Å². The minimum absolute atomic E-state index is 0.175. The van der Waals surface area contributed by atoms with Gasteiger partial charge in [-0.2, -0.15) is 0 Å². The highest BCUT2D eigenvalue weighted by Gasteiger charge is 2.04. The summed E-state index contributed by atoms with van der Waals surface area (Å²) in [6, 6.07) is 4.82. The standard InChI is InChI=1S/C8H6BrFO/c1-2-11-7-5-3-4-6(9)8(7)10/h2-5H,1H2. The zero-order valence-electron chi connectivity index (χ0n) is 5.68. The van der Waals surface area contributed by atoms with E-state index in [1.165, 1.54) is 12.3 Å². The van der Waals surface area contributed by atoms with Crippen molar-refractivity contribution in [3.63, 3.8) is 0 Å². The molecule has 0 bridgehead atoms. The van der Waals surface area contributed by atoms with Crippen LogP contribution in [0.4, 0.5) is 4.39 Å². The number of rotatable bonds is 2. The summed E-state index contributed by atoms with van der Waals surface area (Å²) in [4.78, 5) is 0. The highest BCUT2D eigenvalue weighted by molar-refractivity contribution is 9.10. The van der Waals surface area contributed by atoms with E-state index in [9.17, 15) is 4.39 Å². The van der Waals surface area contributed by atoms with Gasteiger partial charge in [0.2, 0.25) is 0 Å². The van der Waals surface area contributed by atoms with Crippen LogP contribution in [0.5, 0.6) is 5.75 Å². The Morgan fingerprint density at radius 2 is 2.27 bits per heavy atom. The van der Waals surface area contributed by atoms with Gasteiger partial charge in [0.05, 0.1) is 10.7 Å². The van der Waals surface area contributed by atoms with Crippen LogP contribution >= 0.6 is 15.9 Å². The summed E-state index contributed by atoms with van der Waals surface area (Å²) in [5.74, 6) is -0.234. The molecule has 0 radical (unpaired) electrons. The third kappa shape index (κ3) is 1.80. The molecule has 0 aliphatic heterocycles. The Morgan fingerprint density at radius 3 is 2.91 bits per heavy atom. The van der Waals surface area contributed by atoms with Gasteiger partial charge >= 0.3 is 0 Å². The fourth-order valence-corrected chi connectivity index (χ4v) is 1.01. The van der Waals surface area contributed by atoms with Crippen molar-refractivity contribution in [2.24, 2.45) is 0 Å². The number of hydrogen-bond donors (Lipinski definition) is 0.